The van der Waals surface area contributed by atoms with Crippen molar-refractivity contribution >= 4 is 29.9 Å². The van der Waals surface area contributed by atoms with E-state index in [-0.39, 0.29) is 24.0 Å². The fourth-order valence-corrected chi connectivity index (χ4v) is 2.80. The number of aryl methyl sites for hydroxylation is 1. The number of nitrogens with one attached hydrogen (secondary N) is 2. The number of guanidine groups is 1. The quantitative estimate of drug-likeness (QED) is 0.276. The number of nitrogens with zero attached hydrogens (tertiary/aromatic N) is 2. The molecule has 0 bridgehead atoms. The van der Waals surface area contributed by atoms with E-state index in [2.05, 4.69) is 39.7 Å². The maximum Gasteiger partial charge on any atom is 0.214 e. The molecule has 0 saturated carbocycles. The third-order valence-corrected chi connectivity index (χ3v) is 4.46. The molecule has 160 valence electrons. The summed E-state index contributed by atoms with van der Waals surface area (Å²) in [5.74, 6) is 3.47. The van der Waals surface area contributed by atoms with E-state index in [1.54, 1.807) is 27.5 Å². The zero-order valence-corrected chi connectivity index (χ0v) is 19.9. The van der Waals surface area contributed by atoms with Gasteiger partial charge in [-0.1, -0.05) is 29.8 Å². The fourth-order valence-electron chi connectivity index (χ4n) is 2.80. The monoisotopic (exact) mass is 522 g/mol. The largest absolute Gasteiger partial charge is 0.497 e. The van der Waals surface area contributed by atoms with Crippen LogP contribution in [0.2, 0.25) is 0 Å². The van der Waals surface area contributed by atoms with E-state index in [9.17, 15) is 0 Å². The van der Waals surface area contributed by atoms with Gasteiger partial charge in [-0.3, -0.25) is 4.99 Å². The third kappa shape index (κ3) is 6.12. The molecule has 1 aromatic heterocycles. The number of benzene rings is 2. The molecule has 0 fully saturated rings. The second-order valence-electron chi connectivity index (χ2n) is 6.44. The summed E-state index contributed by atoms with van der Waals surface area (Å²) >= 11 is 0. The van der Waals surface area contributed by atoms with E-state index in [1.807, 2.05) is 30.3 Å². The smallest absolute Gasteiger partial charge is 0.214 e. The first-order valence-electron chi connectivity index (χ1n) is 9.30. The molecule has 2 aromatic carbocycles. The highest BCUT2D eigenvalue weighted by Crippen LogP contribution is 2.24. The summed E-state index contributed by atoms with van der Waals surface area (Å²) in [6.45, 7) is 3.03. The molecule has 1 heterocycles. The Morgan fingerprint density at radius 2 is 1.77 bits per heavy atom. The Kier molecular flexibility index (Phi) is 8.97. The van der Waals surface area contributed by atoms with E-state index >= 15 is 0 Å². The van der Waals surface area contributed by atoms with Crippen molar-refractivity contribution < 1.29 is 13.9 Å². The second-order valence-corrected chi connectivity index (χ2v) is 6.44. The van der Waals surface area contributed by atoms with E-state index in [4.69, 9.17) is 13.9 Å². The molecule has 0 aliphatic carbocycles. The number of aliphatic imine (C=N–C) groups is 1. The maximum absolute atomic E-state index is 5.84. The van der Waals surface area contributed by atoms with Gasteiger partial charge < -0.3 is 24.5 Å². The minimum atomic E-state index is 0. The molecule has 0 atom stereocenters. The Morgan fingerprint density at radius 3 is 2.43 bits per heavy atom. The first-order valence-corrected chi connectivity index (χ1v) is 9.30. The minimum absolute atomic E-state index is 0. The predicted molar refractivity (Wildman–Crippen MR) is 129 cm³/mol. The molecular formula is C22H27IN4O3. The van der Waals surface area contributed by atoms with Crippen LogP contribution in [0.25, 0.3) is 11.3 Å². The second kappa shape index (κ2) is 11.4. The van der Waals surface area contributed by atoms with Crippen molar-refractivity contribution in [3.05, 3.63) is 65.7 Å². The lowest BCUT2D eigenvalue weighted by Gasteiger charge is -2.13. The van der Waals surface area contributed by atoms with Crippen molar-refractivity contribution in [2.45, 2.75) is 20.0 Å². The third-order valence-electron chi connectivity index (χ3n) is 4.46. The van der Waals surface area contributed by atoms with Crippen LogP contribution in [0.5, 0.6) is 11.5 Å². The van der Waals surface area contributed by atoms with E-state index in [1.165, 1.54) is 5.56 Å². The highest BCUT2D eigenvalue weighted by Gasteiger charge is 2.09. The number of ether oxygens (including phenoxy) is 2. The molecule has 0 unspecified atom stereocenters. The number of rotatable bonds is 7. The molecule has 7 nitrogen and oxygen atoms in total. The van der Waals surface area contributed by atoms with Gasteiger partial charge in [0, 0.05) is 30.8 Å². The lowest BCUT2D eigenvalue weighted by molar-refractivity contribution is 0.390. The normalized spacial score (nSPS) is 10.9. The zero-order chi connectivity index (χ0) is 20.6. The Hall–Kier alpha value is -2.75. The van der Waals surface area contributed by atoms with Crippen LogP contribution in [0.4, 0.5) is 0 Å². The molecule has 0 aliphatic heterocycles. The van der Waals surface area contributed by atoms with Crippen LogP contribution in [0, 0.1) is 6.92 Å². The summed E-state index contributed by atoms with van der Waals surface area (Å²) in [6.07, 6.45) is 1.74. The SMILES string of the molecule is CN=C(NCc1ncc(-c2ccc(C)cc2)o1)NCc1ccc(OC)cc1OC.I. The van der Waals surface area contributed by atoms with Gasteiger partial charge in [0.25, 0.3) is 0 Å². The number of halogens is 1. The van der Waals surface area contributed by atoms with Crippen molar-refractivity contribution in [3.63, 3.8) is 0 Å². The van der Waals surface area contributed by atoms with Gasteiger partial charge in [-0.05, 0) is 19.1 Å². The molecule has 0 aliphatic rings. The fraction of sp³-hybridized carbons (Fsp3) is 0.273. The van der Waals surface area contributed by atoms with Crippen LogP contribution in [0.1, 0.15) is 17.0 Å². The number of aromatic nitrogens is 1. The Bertz CT molecular complexity index is 971. The maximum atomic E-state index is 5.84. The molecule has 30 heavy (non-hydrogen) atoms. The summed E-state index contributed by atoms with van der Waals surface area (Å²) in [6, 6.07) is 13.9. The van der Waals surface area contributed by atoms with Crippen molar-refractivity contribution in [2.75, 3.05) is 21.3 Å². The molecule has 3 aromatic rings. The molecule has 8 heteroatoms. The van der Waals surface area contributed by atoms with Crippen molar-refractivity contribution in [2.24, 2.45) is 4.99 Å². The first-order chi connectivity index (χ1) is 14.1. The van der Waals surface area contributed by atoms with Gasteiger partial charge in [-0.15, -0.1) is 24.0 Å². The zero-order valence-electron chi connectivity index (χ0n) is 17.6. The van der Waals surface area contributed by atoms with Gasteiger partial charge in [0.15, 0.2) is 11.7 Å². The molecule has 0 spiro atoms. The number of methoxy groups -OCH3 is 2. The van der Waals surface area contributed by atoms with Crippen LogP contribution < -0.4 is 20.1 Å². The van der Waals surface area contributed by atoms with Gasteiger partial charge in [0.2, 0.25) is 5.89 Å². The average Bonchev–Trinajstić information content (AvgIpc) is 3.23. The van der Waals surface area contributed by atoms with Crippen LogP contribution in [-0.4, -0.2) is 32.2 Å². The van der Waals surface area contributed by atoms with Crippen LogP contribution >= 0.6 is 24.0 Å². The average molecular weight is 522 g/mol. The van der Waals surface area contributed by atoms with Crippen molar-refractivity contribution in [1.29, 1.82) is 0 Å². The van der Waals surface area contributed by atoms with Gasteiger partial charge in [0.1, 0.15) is 11.5 Å². The van der Waals surface area contributed by atoms with E-state index in [0.717, 1.165) is 28.4 Å². The molecule has 0 amide bonds. The highest BCUT2D eigenvalue weighted by molar-refractivity contribution is 14.0. The Morgan fingerprint density at radius 1 is 1.03 bits per heavy atom. The van der Waals surface area contributed by atoms with Gasteiger partial charge >= 0.3 is 0 Å². The van der Waals surface area contributed by atoms with Crippen LogP contribution in [0.3, 0.4) is 0 Å². The lowest BCUT2D eigenvalue weighted by atomic mass is 10.1. The molecule has 2 N–H and O–H groups in total. The summed E-state index contributed by atoms with van der Waals surface area (Å²) in [5, 5.41) is 6.47. The molecule has 0 radical (unpaired) electrons. The van der Waals surface area contributed by atoms with Gasteiger partial charge in [-0.25, -0.2) is 4.98 Å². The standard InChI is InChI=1S/C22H26N4O3.HI/c1-15-5-7-16(8-6-15)20-13-24-21(29-20)14-26-22(23-2)25-12-17-9-10-18(27-3)11-19(17)28-4;/h5-11,13H,12,14H2,1-4H3,(H2,23,25,26);1H. The molecular weight excluding hydrogens is 495 g/mol. The summed E-state index contributed by atoms with van der Waals surface area (Å²) in [7, 11) is 4.98. The van der Waals surface area contributed by atoms with Gasteiger partial charge in [-0.2, -0.15) is 0 Å². The number of hydrogen-bond acceptors (Lipinski definition) is 5. The highest BCUT2D eigenvalue weighted by atomic mass is 127. The van der Waals surface area contributed by atoms with E-state index < -0.39 is 0 Å². The topological polar surface area (TPSA) is 80.9 Å². The molecule has 3 rings (SSSR count). The number of hydrogen-bond donors (Lipinski definition) is 2. The Labute approximate surface area is 193 Å². The summed E-state index contributed by atoms with van der Waals surface area (Å²) in [4.78, 5) is 8.58. The van der Waals surface area contributed by atoms with Gasteiger partial charge in [0.05, 0.1) is 27.0 Å². The van der Waals surface area contributed by atoms with Crippen LogP contribution in [0.15, 0.2) is 58.1 Å². The Balaban J connectivity index is 0.00000320. The van der Waals surface area contributed by atoms with Crippen molar-refractivity contribution in [1.82, 2.24) is 15.6 Å². The predicted octanol–water partition coefficient (Wildman–Crippen LogP) is 4.15. The lowest BCUT2D eigenvalue weighted by Crippen LogP contribution is -2.36. The van der Waals surface area contributed by atoms with E-state index in [0.29, 0.717) is 24.9 Å². The first kappa shape index (κ1) is 23.5. The molecule has 0 saturated heterocycles. The van der Waals surface area contributed by atoms with Crippen LogP contribution in [-0.2, 0) is 13.1 Å². The summed E-state index contributed by atoms with van der Waals surface area (Å²) in [5.41, 5.74) is 3.20. The number of oxazole rings is 1. The minimum Gasteiger partial charge on any atom is -0.497 e. The summed E-state index contributed by atoms with van der Waals surface area (Å²) < 4.78 is 16.5. The van der Waals surface area contributed by atoms with Crippen molar-refractivity contribution in [3.8, 4) is 22.8 Å².